The molecule has 0 aromatic heterocycles. The van der Waals surface area contributed by atoms with Gasteiger partial charge in [0, 0.05) is 13.2 Å². The van der Waals surface area contributed by atoms with Gasteiger partial charge >= 0.3 is 5.97 Å². The van der Waals surface area contributed by atoms with E-state index in [1.54, 1.807) is 0 Å². The molecule has 1 atom stereocenters. The Labute approximate surface area is 134 Å². The Morgan fingerprint density at radius 1 is 1.50 bits per heavy atom. The number of benzene rings is 1. The molecule has 1 aliphatic heterocycles. The first-order valence-electron chi connectivity index (χ1n) is 6.89. The minimum atomic E-state index is -3.80. The topological polar surface area (TPSA) is 81.7 Å². The van der Waals surface area contributed by atoms with Gasteiger partial charge in [0.15, 0.2) is 0 Å². The summed E-state index contributed by atoms with van der Waals surface area (Å²) in [5.74, 6) is -0.472. The average molecular weight is 348 g/mol. The third kappa shape index (κ3) is 4.19. The van der Waals surface area contributed by atoms with Crippen molar-refractivity contribution in [1.82, 2.24) is 4.72 Å². The molecular weight excluding hydrogens is 330 g/mol. The second-order valence-electron chi connectivity index (χ2n) is 5.07. The highest BCUT2D eigenvalue weighted by atomic mass is 35.5. The van der Waals surface area contributed by atoms with E-state index >= 15 is 0 Å². The van der Waals surface area contributed by atoms with Crippen LogP contribution in [0.4, 0.5) is 0 Å². The summed E-state index contributed by atoms with van der Waals surface area (Å²) >= 11 is 5.95. The summed E-state index contributed by atoms with van der Waals surface area (Å²) in [7, 11) is -2.57. The quantitative estimate of drug-likeness (QED) is 0.822. The maximum absolute atomic E-state index is 12.4. The van der Waals surface area contributed by atoms with Crippen LogP contribution in [0.3, 0.4) is 0 Å². The van der Waals surface area contributed by atoms with Crippen LogP contribution in [0.5, 0.6) is 0 Å². The van der Waals surface area contributed by atoms with Gasteiger partial charge in [-0.1, -0.05) is 11.6 Å². The van der Waals surface area contributed by atoms with E-state index in [0.29, 0.717) is 6.61 Å². The van der Waals surface area contributed by atoms with E-state index in [1.165, 1.54) is 25.3 Å². The van der Waals surface area contributed by atoms with Gasteiger partial charge in [-0.25, -0.2) is 17.9 Å². The number of sulfonamides is 1. The van der Waals surface area contributed by atoms with Crippen molar-refractivity contribution in [3.63, 3.8) is 0 Å². The normalized spacial score (nSPS) is 18.9. The van der Waals surface area contributed by atoms with Crippen molar-refractivity contribution in [2.45, 2.75) is 17.7 Å². The number of rotatable bonds is 5. The summed E-state index contributed by atoms with van der Waals surface area (Å²) in [6.45, 7) is 1.54. The fraction of sp³-hybridized carbons (Fsp3) is 0.500. The number of nitrogens with one attached hydrogen (secondary N) is 1. The van der Waals surface area contributed by atoms with E-state index < -0.39 is 16.0 Å². The van der Waals surface area contributed by atoms with Crippen molar-refractivity contribution in [1.29, 1.82) is 0 Å². The fourth-order valence-electron chi connectivity index (χ4n) is 2.23. The van der Waals surface area contributed by atoms with Gasteiger partial charge in [-0.15, -0.1) is 0 Å². The molecule has 0 amide bonds. The Balaban J connectivity index is 2.15. The summed E-state index contributed by atoms with van der Waals surface area (Å²) in [4.78, 5) is 11.4. The Kier molecular flexibility index (Phi) is 5.80. The van der Waals surface area contributed by atoms with Gasteiger partial charge in [0.05, 0.1) is 24.3 Å². The van der Waals surface area contributed by atoms with Crippen LogP contribution in [0, 0.1) is 5.92 Å². The standard InChI is InChI=1S/C14H18ClNO5S/c1-20-14(17)11-4-5-12(15)13(7-11)22(18,19)16-8-10-3-2-6-21-9-10/h4-5,7,10,16H,2-3,6,8-9H2,1H3/t10-/m1/s1. The number of carbonyl (C=O) groups is 1. The van der Waals surface area contributed by atoms with E-state index in [-0.39, 0.29) is 27.9 Å². The molecule has 8 heteroatoms. The molecule has 1 aliphatic rings. The van der Waals surface area contributed by atoms with Gasteiger partial charge in [0.2, 0.25) is 10.0 Å². The molecule has 0 unspecified atom stereocenters. The molecule has 0 spiro atoms. The summed E-state index contributed by atoms with van der Waals surface area (Å²) in [5.41, 5.74) is 0.133. The molecule has 0 radical (unpaired) electrons. The van der Waals surface area contributed by atoms with Crippen molar-refractivity contribution in [3.8, 4) is 0 Å². The van der Waals surface area contributed by atoms with Gasteiger partial charge in [0.1, 0.15) is 4.90 Å². The lowest BCUT2D eigenvalue weighted by molar-refractivity contribution is 0.0568. The Morgan fingerprint density at radius 2 is 2.27 bits per heavy atom. The van der Waals surface area contributed by atoms with Gasteiger partial charge in [-0.2, -0.15) is 0 Å². The number of carbonyl (C=O) groups excluding carboxylic acids is 1. The van der Waals surface area contributed by atoms with Crippen molar-refractivity contribution < 1.29 is 22.7 Å². The molecule has 0 aliphatic carbocycles. The predicted octanol–water partition coefficient (Wildman–Crippen LogP) is 1.83. The number of hydrogen-bond acceptors (Lipinski definition) is 5. The van der Waals surface area contributed by atoms with Crippen LogP contribution >= 0.6 is 11.6 Å². The average Bonchev–Trinajstić information content (AvgIpc) is 2.53. The summed E-state index contributed by atoms with van der Waals surface area (Å²) in [6, 6.07) is 4.00. The van der Waals surface area contributed by atoms with Gasteiger partial charge in [-0.05, 0) is 37.0 Å². The Hall–Kier alpha value is -1.15. The third-order valence-corrected chi connectivity index (χ3v) is 5.36. The summed E-state index contributed by atoms with van der Waals surface area (Å²) in [6.07, 6.45) is 1.84. The molecule has 1 fully saturated rings. The molecule has 1 aromatic rings. The molecule has 1 aromatic carbocycles. The molecule has 22 heavy (non-hydrogen) atoms. The molecule has 1 N–H and O–H groups in total. The second kappa shape index (κ2) is 7.41. The van der Waals surface area contributed by atoms with Gasteiger partial charge < -0.3 is 9.47 Å². The predicted molar refractivity (Wildman–Crippen MR) is 81.5 cm³/mol. The minimum Gasteiger partial charge on any atom is -0.465 e. The lowest BCUT2D eigenvalue weighted by Gasteiger charge is -2.22. The highest BCUT2D eigenvalue weighted by molar-refractivity contribution is 7.89. The van der Waals surface area contributed by atoms with E-state index in [4.69, 9.17) is 16.3 Å². The molecule has 2 rings (SSSR count). The van der Waals surface area contributed by atoms with Crippen LogP contribution in [0.15, 0.2) is 23.1 Å². The first-order chi connectivity index (χ1) is 10.4. The van der Waals surface area contributed by atoms with E-state index in [0.717, 1.165) is 19.4 Å². The lowest BCUT2D eigenvalue weighted by Crippen LogP contribution is -2.33. The molecule has 0 saturated carbocycles. The maximum Gasteiger partial charge on any atom is 0.337 e. The zero-order chi connectivity index (χ0) is 16.2. The van der Waals surface area contributed by atoms with Crippen molar-refractivity contribution in [2.75, 3.05) is 26.9 Å². The Morgan fingerprint density at radius 3 is 2.91 bits per heavy atom. The fourth-order valence-corrected chi connectivity index (χ4v) is 3.87. The molecule has 1 saturated heterocycles. The van der Waals surface area contributed by atoms with Crippen LogP contribution in [0.1, 0.15) is 23.2 Å². The Bertz CT molecular complexity index is 641. The number of ether oxygens (including phenoxy) is 2. The van der Waals surface area contributed by atoms with Crippen LogP contribution in [0.25, 0.3) is 0 Å². The number of halogens is 1. The first kappa shape index (κ1) is 17.2. The highest BCUT2D eigenvalue weighted by Crippen LogP contribution is 2.23. The van der Waals surface area contributed by atoms with E-state index in [1.807, 2.05) is 0 Å². The van der Waals surface area contributed by atoms with Crippen molar-refractivity contribution in [3.05, 3.63) is 28.8 Å². The lowest BCUT2D eigenvalue weighted by atomic mass is 10.0. The molecule has 122 valence electrons. The van der Waals surface area contributed by atoms with Crippen molar-refractivity contribution >= 4 is 27.6 Å². The van der Waals surface area contributed by atoms with E-state index in [9.17, 15) is 13.2 Å². The van der Waals surface area contributed by atoms with E-state index in [2.05, 4.69) is 9.46 Å². The maximum atomic E-state index is 12.4. The largest absolute Gasteiger partial charge is 0.465 e. The van der Waals surface area contributed by atoms with Crippen molar-refractivity contribution in [2.24, 2.45) is 5.92 Å². The van der Waals surface area contributed by atoms with Crippen LogP contribution < -0.4 is 4.72 Å². The summed E-state index contributed by atoms with van der Waals surface area (Å²) in [5, 5.41) is 0.0556. The summed E-state index contributed by atoms with van der Waals surface area (Å²) < 4.78 is 37.2. The molecule has 6 nitrogen and oxygen atoms in total. The van der Waals surface area contributed by atoms with Crippen LogP contribution in [-0.2, 0) is 19.5 Å². The number of esters is 1. The zero-order valence-electron chi connectivity index (χ0n) is 12.2. The number of hydrogen-bond donors (Lipinski definition) is 1. The molecular formula is C14H18ClNO5S. The molecule has 1 heterocycles. The minimum absolute atomic E-state index is 0.0556. The SMILES string of the molecule is COC(=O)c1ccc(Cl)c(S(=O)(=O)NC[C@H]2CCCOC2)c1. The van der Waals surface area contributed by atoms with Crippen LogP contribution in [-0.4, -0.2) is 41.3 Å². The third-order valence-electron chi connectivity index (χ3n) is 3.46. The monoisotopic (exact) mass is 347 g/mol. The zero-order valence-corrected chi connectivity index (χ0v) is 13.7. The van der Waals surface area contributed by atoms with Gasteiger partial charge in [0.25, 0.3) is 0 Å². The van der Waals surface area contributed by atoms with Gasteiger partial charge in [-0.3, -0.25) is 0 Å². The first-order valence-corrected chi connectivity index (χ1v) is 8.75. The van der Waals surface area contributed by atoms with Crippen LogP contribution in [0.2, 0.25) is 5.02 Å². The highest BCUT2D eigenvalue weighted by Gasteiger charge is 2.22. The molecule has 0 bridgehead atoms. The number of methoxy groups -OCH3 is 1. The second-order valence-corrected chi connectivity index (χ2v) is 7.21. The smallest absolute Gasteiger partial charge is 0.337 e.